The van der Waals surface area contributed by atoms with E-state index >= 15 is 0 Å². The van der Waals surface area contributed by atoms with Crippen LogP contribution in [0.4, 0.5) is 13.2 Å². The molecular formula is C14H8F3NO. The van der Waals surface area contributed by atoms with E-state index in [1.807, 2.05) is 0 Å². The van der Waals surface area contributed by atoms with Crippen LogP contribution < -0.4 is 0 Å². The minimum atomic E-state index is -4.36. The van der Waals surface area contributed by atoms with E-state index in [0.29, 0.717) is 22.2 Å². The standard InChI is InChI=1S/C14H8F3NO/c15-14(16,17)10-3-1-2-9(8-10)13-11-5-7-19-12(11)4-6-18-13/h1-8H. The quantitative estimate of drug-likeness (QED) is 0.645. The number of aromatic nitrogens is 1. The molecular weight excluding hydrogens is 255 g/mol. The normalized spacial score (nSPS) is 11.9. The third-order valence-corrected chi connectivity index (χ3v) is 2.84. The van der Waals surface area contributed by atoms with Crippen molar-refractivity contribution in [3.8, 4) is 11.3 Å². The third-order valence-electron chi connectivity index (χ3n) is 2.84. The van der Waals surface area contributed by atoms with Gasteiger partial charge in [-0.1, -0.05) is 12.1 Å². The lowest BCUT2D eigenvalue weighted by Gasteiger charge is -2.08. The van der Waals surface area contributed by atoms with Crippen LogP contribution in [0.5, 0.6) is 0 Å². The van der Waals surface area contributed by atoms with E-state index in [-0.39, 0.29) is 0 Å². The number of furan rings is 1. The van der Waals surface area contributed by atoms with Crippen molar-refractivity contribution in [1.82, 2.24) is 4.98 Å². The van der Waals surface area contributed by atoms with Gasteiger partial charge in [0.15, 0.2) is 0 Å². The lowest BCUT2D eigenvalue weighted by atomic mass is 10.0. The maximum atomic E-state index is 12.7. The van der Waals surface area contributed by atoms with Crippen LogP contribution in [0.3, 0.4) is 0 Å². The van der Waals surface area contributed by atoms with Crippen LogP contribution in [-0.4, -0.2) is 4.98 Å². The molecule has 0 N–H and O–H groups in total. The van der Waals surface area contributed by atoms with Crippen molar-refractivity contribution < 1.29 is 17.6 Å². The van der Waals surface area contributed by atoms with Crippen LogP contribution in [0, 0.1) is 0 Å². The van der Waals surface area contributed by atoms with Crippen LogP contribution in [0.15, 0.2) is 53.3 Å². The fourth-order valence-corrected chi connectivity index (χ4v) is 1.97. The van der Waals surface area contributed by atoms with Gasteiger partial charge >= 0.3 is 6.18 Å². The molecule has 1 aromatic carbocycles. The van der Waals surface area contributed by atoms with Gasteiger partial charge in [0.1, 0.15) is 5.58 Å². The summed E-state index contributed by atoms with van der Waals surface area (Å²) in [5.41, 5.74) is 0.814. The second-order valence-corrected chi connectivity index (χ2v) is 4.07. The first kappa shape index (κ1) is 11.8. The summed E-state index contributed by atoms with van der Waals surface area (Å²) in [5, 5.41) is 0.696. The van der Waals surface area contributed by atoms with E-state index in [4.69, 9.17) is 4.42 Å². The lowest BCUT2D eigenvalue weighted by molar-refractivity contribution is -0.137. The number of fused-ring (bicyclic) bond motifs is 1. The first-order valence-electron chi connectivity index (χ1n) is 5.55. The van der Waals surface area contributed by atoms with Crippen molar-refractivity contribution in [2.45, 2.75) is 6.18 Å². The van der Waals surface area contributed by atoms with Gasteiger partial charge < -0.3 is 4.42 Å². The summed E-state index contributed by atoms with van der Waals surface area (Å²) in [7, 11) is 0. The van der Waals surface area contributed by atoms with Gasteiger partial charge in [-0.15, -0.1) is 0 Å². The number of halogens is 3. The van der Waals surface area contributed by atoms with Crippen molar-refractivity contribution in [1.29, 1.82) is 0 Å². The largest absolute Gasteiger partial charge is 0.464 e. The number of rotatable bonds is 1. The monoisotopic (exact) mass is 263 g/mol. The highest BCUT2D eigenvalue weighted by atomic mass is 19.4. The van der Waals surface area contributed by atoms with Gasteiger partial charge in [-0.2, -0.15) is 13.2 Å². The molecule has 0 saturated heterocycles. The van der Waals surface area contributed by atoms with E-state index in [1.165, 1.54) is 18.5 Å². The lowest BCUT2D eigenvalue weighted by Crippen LogP contribution is -2.04. The zero-order valence-electron chi connectivity index (χ0n) is 9.61. The van der Waals surface area contributed by atoms with E-state index in [1.54, 1.807) is 18.2 Å². The summed E-state index contributed by atoms with van der Waals surface area (Å²) < 4.78 is 43.3. The van der Waals surface area contributed by atoms with E-state index in [2.05, 4.69) is 4.98 Å². The minimum Gasteiger partial charge on any atom is -0.464 e. The number of pyridine rings is 1. The summed E-state index contributed by atoms with van der Waals surface area (Å²) in [6, 6.07) is 8.47. The van der Waals surface area contributed by atoms with E-state index < -0.39 is 11.7 Å². The molecule has 2 nitrogen and oxygen atoms in total. The molecule has 0 aliphatic heterocycles. The van der Waals surface area contributed by atoms with Crippen LogP contribution in [0.25, 0.3) is 22.2 Å². The Kier molecular flexibility index (Phi) is 2.55. The average Bonchev–Trinajstić information content (AvgIpc) is 2.86. The molecule has 5 heteroatoms. The number of alkyl halides is 3. The Bertz CT molecular complexity index is 731. The number of hydrogen-bond acceptors (Lipinski definition) is 2. The summed E-state index contributed by atoms with van der Waals surface area (Å²) >= 11 is 0. The smallest absolute Gasteiger partial charge is 0.416 e. The molecule has 0 unspecified atom stereocenters. The van der Waals surface area contributed by atoms with E-state index in [0.717, 1.165) is 12.1 Å². The minimum absolute atomic E-state index is 0.418. The van der Waals surface area contributed by atoms with E-state index in [9.17, 15) is 13.2 Å². The van der Waals surface area contributed by atoms with Crippen molar-refractivity contribution >= 4 is 11.0 Å². The zero-order valence-corrected chi connectivity index (χ0v) is 9.61. The molecule has 3 aromatic rings. The number of nitrogens with zero attached hydrogens (tertiary/aromatic N) is 1. The van der Waals surface area contributed by atoms with Crippen molar-refractivity contribution in [3.63, 3.8) is 0 Å². The summed E-state index contributed by atoms with van der Waals surface area (Å²) in [5.74, 6) is 0. The first-order chi connectivity index (χ1) is 9.05. The maximum Gasteiger partial charge on any atom is 0.416 e. The molecule has 19 heavy (non-hydrogen) atoms. The Labute approximate surface area is 106 Å². The molecule has 0 bridgehead atoms. The fraction of sp³-hybridized carbons (Fsp3) is 0.0714. The Morgan fingerprint density at radius 3 is 2.68 bits per heavy atom. The Balaban J connectivity index is 2.19. The summed E-state index contributed by atoms with van der Waals surface area (Å²) in [6.07, 6.45) is -1.36. The van der Waals surface area contributed by atoms with Crippen molar-refractivity contribution in [2.24, 2.45) is 0 Å². The molecule has 2 aromatic heterocycles. The van der Waals surface area contributed by atoms with Crippen LogP contribution in [0.2, 0.25) is 0 Å². The molecule has 2 heterocycles. The molecule has 0 radical (unpaired) electrons. The molecule has 3 rings (SSSR count). The third kappa shape index (κ3) is 2.07. The highest BCUT2D eigenvalue weighted by Crippen LogP contribution is 2.33. The van der Waals surface area contributed by atoms with Gasteiger partial charge in [0, 0.05) is 17.1 Å². The van der Waals surface area contributed by atoms with Gasteiger partial charge in [-0.05, 0) is 24.3 Å². The second-order valence-electron chi connectivity index (χ2n) is 4.07. The molecule has 0 fully saturated rings. The molecule has 0 amide bonds. The number of benzene rings is 1. The van der Waals surface area contributed by atoms with Crippen LogP contribution in [0.1, 0.15) is 5.56 Å². The Hall–Kier alpha value is -2.30. The molecule has 0 saturated carbocycles. The molecule has 0 aliphatic rings. The number of hydrogen-bond donors (Lipinski definition) is 0. The Morgan fingerprint density at radius 1 is 1.05 bits per heavy atom. The van der Waals surface area contributed by atoms with Gasteiger partial charge in [-0.25, -0.2) is 0 Å². The Morgan fingerprint density at radius 2 is 1.89 bits per heavy atom. The molecule has 0 atom stereocenters. The van der Waals surface area contributed by atoms with Gasteiger partial charge in [0.05, 0.1) is 17.5 Å². The predicted molar refractivity (Wildman–Crippen MR) is 64.4 cm³/mol. The molecule has 0 spiro atoms. The summed E-state index contributed by atoms with van der Waals surface area (Å²) in [4.78, 5) is 4.15. The van der Waals surface area contributed by atoms with Gasteiger partial charge in [0.25, 0.3) is 0 Å². The van der Waals surface area contributed by atoms with Crippen molar-refractivity contribution in [3.05, 3.63) is 54.4 Å². The van der Waals surface area contributed by atoms with Crippen LogP contribution in [-0.2, 0) is 6.18 Å². The maximum absolute atomic E-state index is 12.7. The summed E-state index contributed by atoms with van der Waals surface area (Å²) in [6.45, 7) is 0. The van der Waals surface area contributed by atoms with Gasteiger partial charge in [-0.3, -0.25) is 4.98 Å². The average molecular weight is 263 g/mol. The predicted octanol–water partition coefficient (Wildman–Crippen LogP) is 4.51. The fourth-order valence-electron chi connectivity index (χ4n) is 1.97. The highest BCUT2D eigenvalue weighted by Gasteiger charge is 2.30. The highest BCUT2D eigenvalue weighted by molar-refractivity contribution is 5.91. The topological polar surface area (TPSA) is 26.0 Å². The first-order valence-corrected chi connectivity index (χ1v) is 5.55. The molecule has 96 valence electrons. The zero-order chi connectivity index (χ0) is 13.5. The van der Waals surface area contributed by atoms with Crippen LogP contribution >= 0.6 is 0 Å². The molecule has 0 aliphatic carbocycles. The van der Waals surface area contributed by atoms with Gasteiger partial charge in [0.2, 0.25) is 0 Å². The van der Waals surface area contributed by atoms with Crippen molar-refractivity contribution in [2.75, 3.05) is 0 Å². The SMILES string of the molecule is FC(F)(F)c1cccc(-c2nccc3occc23)c1. The second kappa shape index (κ2) is 4.12.